The van der Waals surface area contributed by atoms with Gasteiger partial charge in [-0.15, -0.1) is 0 Å². The van der Waals surface area contributed by atoms with E-state index in [1.54, 1.807) is 24.3 Å². The van der Waals surface area contributed by atoms with E-state index in [-0.39, 0.29) is 18.4 Å². The molecule has 5 heteroatoms. The van der Waals surface area contributed by atoms with Gasteiger partial charge in [0.25, 0.3) is 0 Å². The summed E-state index contributed by atoms with van der Waals surface area (Å²) in [5, 5.41) is 9.55. The fraction of sp³-hybridized carbons (Fsp3) is 0.467. The Kier molecular flexibility index (Phi) is 6.52. The maximum Gasteiger partial charge on any atom is 0.323 e. The molecular weight excluding hydrogens is 278 g/mol. The number of amides is 1. The van der Waals surface area contributed by atoms with Crippen molar-refractivity contribution < 1.29 is 14.7 Å². The second-order valence-electron chi connectivity index (χ2n) is 4.99. The molecule has 1 aromatic rings. The second kappa shape index (κ2) is 7.90. The smallest absolute Gasteiger partial charge is 0.323 e. The highest BCUT2D eigenvalue weighted by Gasteiger charge is 2.18. The summed E-state index contributed by atoms with van der Waals surface area (Å²) >= 11 is 5.81. The van der Waals surface area contributed by atoms with Crippen LogP contribution in [0.15, 0.2) is 24.3 Å². The molecule has 1 unspecified atom stereocenters. The summed E-state index contributed by atoms with van der Waals surface area (Å²) in [5.74, 6) is -0.878. The Balaban J connectivity index is 2.75. The van der Waals surface area contributed by atoms with Gasteiger partial charge in [0.05, 0.1) is 0 Å². The van der Waals surface area contributed by atoms with Crippen molar-refractivity contribution in [3.05, 3.63) is 34.9 Å². The van der Waals surface area contributed by atoms with Crippen LogP contribution in [0.3, 0.4) is 0 Å². The first kappa shape index (κ1) is 16.5. The fourth-order valence-corrected chi connectivity index (χ4v) is 1.90. The average Bonchev–Trinajstić information content (AvgIpc) is 2.39. The van der Waals surface area contributed by atoms with Gasteiger partial charge in [-0.2, -0.15) is 0 Å². The topological polar surface area (TPSA) is 57.6 Å². The van der Waals surface area contributed by atoms with Crippen molar-refractivity contribution in [3.8, 4) is 0 Å². The molecular formula is C15H20ClNO3. The maximum atomic E-state index is 12.2. The van der Waals surface area contributed by atoms with Gasteiger partial charge in [-0.25, -0.2) is 0 Å². The highest BCUT2D eigenvalue weighted by atomic mass is 35.5. The van der Waals surface area contributed by atoms with E-state index in [4.69, 9.17) is 16.7 Å². The molecule has 1 atom stereocenters. The Hall–Kier alpha value is -1.55. The van der Waals surface area contributed by atoms with Gasteiger partial charge in [0.15, 0.2) is 0 Å². The lowest BCUT2D eigenvalue weighted by atomic mass is 10.0. The molecule has 0 heterocycles. The normalized spacial score (nSPS) is 11.9. The van der Waals surface area contributed by atoms with E-state index in [0.29, 0.717) is 18.0 Å². The third kappa shape index (κ3) is 5.61. The molecule has 1 N–H and O–H groups in total. The van der Waals surface area contributed by atoms with Gasteiger partial charge in [0.1, 0.15) is 6.54 Å². The number of benzene rings is 1. The lowest BCUT2D eigenvalue weighted by Gasteiger charge is -2.22. The van der Waals surface area contributed by atoms with Crippen molar-refractivity contribution in [3.63, 3.8) is 0 Å². The average molecular weight is 298 g/mol. The molecule has 0 aromatic heterocycles. The molecule has 110 valence electrons. The van der Waals surface area contributed by atoms with Crippen molar-refractivity contribution in [1.29, 1.82) is 0 Å². The Bertz CT molecular complexity index is 459. The number of carboxylic acids is 1. The zero-order chi connectivity index (χ0) is 15.1. The van der Waals surface area contributed by atoms with Gasteiger partial charge in [-0.3, -0.25) is 9.59 Å². The summed E-state index contributed by atoms with van der Waals surface area (Å²) in [6.45, 7) is 4.01. The second-order valence-corrected chi connectivity index (χ2v) is 5.42. The number of hydrogen-bond acceptors (Lipinski definition) is 2. The van der Waals surface area contributed by atoms with Gasteiger partial charge in [0.2, 0.25) is 5.91 Å². The highest BCUT2D eigenvalue weighted by molar-refractivity contribution is 6.30. The number of hydrogen-bond donors (Lipinski definition) is 1. The third-order valence-electron chi connectivity index (χ3n) is 3.19. The van der Waals surface area contributed by atoms with Crippen LogP contribution in [0.4, 0.5) is 0 Å². The molecule has 20 heavy (non-hydrogen) atoms. The van der Waals surface area contributed by atoms with E-state index >= 15 is 0 Å². The van der Waals surface area contributed by atoms with Crippen LogP contribution in [0.1, 0.15) is 32.3 Å². The van der Waals surface area contributed by atoms with E-state index in [1.807, 2.05) is 13.8 Å². The van der Waals surface area contributed by atoms with Crippen LogP contribution in [-0.2, 0) is 16.1 Å². The van der Waals surface area contributed by atoms with Crippen LogP contribution >= 0.6 is 11.6 Å². The summed E-state index contributed by atoms with van der Waals surface area (Å²) in [7, 11) is 0. The zero-order valence-corrected chi connectivity index (χ0v) is 12.6. The summed E-state index contributed by atoms with van der Waals surface area (Å²) in [6.07, 6.45) is 1.27. The fourth-order valence-electron chi connectivity index (χ4n) is 1.78. The van der Waals surface area contributed by atoms with Crippen LogP contribution in [0.5, 0.6) is 0 Å². The van der Waals surface area contributed by atoms with Crippen molar-refractivity contribution in [2.24, 2.45) is 5.92 Å². The molecule has 0 saturated carbocycles. The zero-order valence-electron chi connectivity index (χ0n) is 11.8. The predicted octanol–water partition coefficient (Wildman–Crippen LogP) is 3.19. The molecule has 0 aliphatic heterocycles. The third-order valence-corrected chi connectivity index (χ3v) is 3.44. The molecule has 4 nitrogen and oxygen atoms in total. The Morgan fingerprint density at radius 2 is 1.90 bits per heavy atom. The first-order chi connectivity index (χ1) is 9.42. The largest absolute Gasteiger partial charge is 0.480 e. The molecule has 0 aliphatic carbocycles. The van der Waals surface area contributed by atoms with E-state index in [1.165, 1.54) is 4.90 Å². The number of nitrogens with zero attached hydrogens (tertiary/aromatic N) is 1. The van der Waals surface area contributed by atoms with Crippen molar-refractivity contribution in [2.45, 2.75) is 33.2 Å². The molecule has 0 bridgehead atoms. The summed E-state index contributed by atoms with van der Waals surface area (Å²) < 4.78 is 0. The van der Waals surface area contributed by atoms with Gasteiger partial charge in [0, 0.05) is 18.0 Å². The number of aliphatic carboxylic acids is 1. The lowest BCUT2D eigenvalue weighted by Crippen LogP contribution is -2.35. The molecule has 1 rings (SSSR count). The first-order valence-corrected chi connectivity index (χ1v) is 7.04. The number of halogens is 1. The Labute approximate surface area is 124 Å². The number of carboxylic acid groups (broad SMARTS) is 1. The minimum absolute atomic E-state index is 0.128. The Morgan fingerprint density at radius 1 is 1.30 bits per heavy atom. The van der Waals surface area contributed by atoms with Crippen LogP contribution in [-0.4, -0.2) is 28.4 Å². The molecule has 0 aliphatic rings. The summed E-state index contributed by atoms with van der Waals surface area (Å²) in [5.41, 5.74) is 0.869. The van der Waals surface area contributed by atoms with Gasteiger partial charge in [-0.05, 0) is 23.6 Å². The first-order valence-electron chi connectivity index (χ1n) is 6.66. The molecule has 0 saturated heterocycles. The minimum atomic E-state index is -1.00. The highest BCUT2D eigenvalue weighted by Crippen LogP contribution is 2.14. The van der Waals surface area contributed by atoms with E-state index in [9.17, 15) is 9.59 Å². The standard InChI is InChI=1S/C15H20ClNO3/c1-3-11(2)8-14(18)17(10-15(19)20)9-12-4-6-13(16)7-5-12/h4-7,11H,3,8-10H2,1-2H3,(H,19,20). The van der Waals surface area contributed by atoms with Crippen LogP contribution < -0.4 is 0 Å². The van der Waals surface area contributed by atoms with Crippen LogP contribution in [0.25, 0.3) is 0 Å². The summed E-state index contributed by atoms with van der Waals surface area (Å²) in [4.78, 5) is 24.4. The van der Waals surface area contributed by atoms with Crippen LogP contribution in [0.2, 0.25) is 5.02 Å². The monoisotopic (exact) mass is 297 g/mol. The maximum absolute atomic E-state index is 12.2. The molecule has 1 amide bonds. The van der Waals surface area contributed by atoms with Crippen molar-refractivity contribution >= 4 is 23.5 Å². The predicted molar refractivity (Wildman–Crippen MR) is 78.6 cm³/mol. The van der Waals surface area contributed by atoms with Gasteiger partial charge < -0.3 is 10.0 Å². The number of carbonyl (C=O) groups excluding carboxylic acids is 1. The Morgan fingerprint density at radius 3 is 2.40 bits per heavy atom. The van der Waals surface area contributed by atoms with E-state index < -0.39 is 5.97 Å². The summed E-state index contributed by atoms with van der Waals surface area (Å²) in [6, 6.07) is 7.06. The molecule has 0 spiro atoms. The van der Waals surface area contributed by atoms with Gasteiger partial charge in [-0.1, -0.05) is 44.0 Å². The lowest BCUT2D eigenvalue weighted by molar-refractivity contribution is -0.145. The SMILES string of the molecule is CCC(C)CC(=O)N(CC(=O)O)Cc1ccc(Cl)cc1. The number of carbonyl (C=O) groups is 2. The van der Waals surface area contributed by atoms with Crippen molar-refractivity contribution in [1.82, 2.24) is 4.90 Å². The quantitative estimate of drug-likeness (QED) is 0.841. The number of rotatable bonds is 7. The van der Waals surface area contributed by atoms with Gasteiger partial charge >= 0.3 is 5.97 Å². The van der Waals surface area contributed by atoms with Crippen LogP contribution in [0, 0.1) is 5.92 Å². The molecule has 0 fully saturated rings. The van der Waals surface area contributed by atoms with E-state index in [2.05, 4.69) is 0 Å². The molecule has 1 aromatic carbocycles. The molecule has 0 radical (unpaired) electrons. The van der Waals surface area contributed by atoms with Crippen molar-refractivity contribution in [2.75, 3.05) is 6.54 Å². The van der Waals surface area contributed by atoms with E-state index in [0.717, 1.165) is 12.0 Å². The minimum Gasteiger partial charge on any atom is -0.480 e.